The molecule has 0 saturated heterocycles. The fourth-order valence-corrected chi connectivity index (χ4v) is 4.09. The number of hydrogen-bond acceptors (Lipinski definition) is 5. The van der Waals surface area contributed by atoms with Gasteiger partial charge in [0.2, 0.25) is 5.91 Å². The number of ether oxygens (including phenoxy) is 1. The Balaban J connectivity index is 1.91. The highest BCUT2D eigenvalue weighted by molar-refractivity contribution is 7.99. The fraction of sp³-hybridized carbons (Fsp3) is 0.333. The van der Waals surface area contributed by atoms with Crippen LogP contribution in [0.3, 0.4) is 0 Å². The second-order valence-corrected chi connectivity index (χ2v) is 7.95. The number of carbonyl (C=O) groups excluding carboxylic acids is 2. The molecule has 0 saturated carbocycles. The van der Waals surface area contributed by atoms with Gasteiger partial charge in [-0.3, -0.25) is 9.59 Å². The number of nitrogens with zero attached hydrogens (tertiary/aromatic N) is 1. The maximum atomic E-state index is 12.9. The van der Waals surface area contributed by atoms with Crippen LogP contribution < -0.4 is 15.4 Å². The van der Waals surface area contributed by atoms with Crippen LogP contribution in [0.15, 0.2) is 47.4 Å². The predicted octanol–water partition coefficient (Wildman–Crippen LogP) is 4.53. The number of carbonyl (C=O) groups is 2. The average molecular weight is 438 g/mol. The third-order valence-corrected chi connectivity index (χ3v) is 5.73. The molecule has 0 radical (unpaired) electrons. The highest BCUT2D eigenvalue weighted by Gasteiger charge is 2.31. The van der Waals surface area contributed by atoms with E-state index in [9.17, 15) is 22.8 Å². The Morgan fingerprint density at radius 2 is 1.93 bits per heavy atom. The molecule has 1 aliphatic rings. The average Bonchev–Trinajstić information content (AvgIpc) is 2.80. The van der Waals surface area contributed by atoms with Gasteiger partial charge in [0.05, 0.1) is 18.3 Å². The maximum Gasteiger partial charge on any atom is 0.573 e. The molecule has 0 aliphatic carbocycles. The van der Waals surface area contributed by atoms with E-state index in [1.165, 1.54) is 40.9 Å². The first kappa shape index (κ1) is 22.2. The first-order valence-electron chi connectivity index (χ1n) is 9.39. The van der Waals surface area contributed by atoms with Crippen molar-refractivity contribution in [2.75, 3.05) is 10.7 Å². The Morgan fingerprint density at radius 1 is 1.23 bits per heavy atom. The van der Waals surface area contributed by atoms with Crippen molar-refractivity contribution in [3.63, 3.8) is 0 Å². The van der Waals surface area contributed by atoms with Gasteiger partial charge in [0.1, 0.15) is 5.75 Å². The molecule has 2 aromatic rings. The monoisotopic (exact) mass is 438 g/mol. The van der Waals surface area contributed by atoms with Crippen LogP contribution in [0.5, 0.6) is 5.75 Å². The Hall–Kier alpha value is -2.52. The molecule has 5 nitrogen and oxygen atoms in total. The zero-order chi connectivity index (χ0) is 21.9. The topological polar surface area (TPSA) is 72.6 Å². The molecule has 2 N–H and O–H groups in total. The first-order valence-corrected chi connectivity index (χ1v) is 10.4. The molecule has 1 aliphatic heterocycles. The summed E-state index contributed by atoms with van der Waals surface area (Å²) in [4.78, 5) is 27.6. The summed E-state index contributed by atoms with van der Waals surface area (Å²) < 4.78 is 41.0. The van der Waals surface area contributed by atoms with Crippen molar-refractivity contribution < 1.29 is 27.5 Å². The molecule has 1 atom stereocenters. The van der Waals surface area contributed by atoms with Crippen molar-refractivity contribution in [2.45, 2.75) is 43.6 Å². The molecule has 2 aromatic carbocycles. The second-order valence-electron chi connectivity index (χ2n) is 6.89. The smallest absolute Gasteiger partial charge is 0.406 e. The van der Waals surface area contributed by atoms with E-state index < -0.39 is 12.4 Å². The summed E-state index contributed by atoms with van der Waals surface area (Å²) in [6, 6.07) is 9.83. The number of nitrogens with two attached hydrogens (primary N) is 1. The third-order valence-electron chi connectivity index (χ3n) is 4.55. The number of amides is 1. The van der Waals surface area contributed by atoms with Gasteiger partial charge in [0.15, 0.2) is 5.78 Å². The standard InChI is InChI=1S/C21H21F3N2O3S/c1-2-3-18(27)14-6-9-19-17(10-14)26(20(28)16(25)12-30-19)11-13-4-7-15(8-5-13)29-21(22,23)24/h4-10,16H,2-3,11-12,25H2,1H3/t16-/m0/s1. The minimum absolute atomic E-state index is 0.0140. The highest BCUT2D eigenvalue weighted by Crippen LogP contribution is 2.36. The molecule has 9 heteroatoms. The number of thioether (sulfide) groups is 1. The predicted molar refractivity (Wildman–Crippen MR) is 109 cm³/mol. The maximum absolute atomic E-state index is 12.9. The number of halogens is 3. The van der Waals surface area contributed by atoms with Crippen LogP contribution in [-0.4, -0.2) is 29.8 Å². The normalized spacial score (nSPS) is 16.8. The molecule has 0 aromatic heterocycles. The fourth-order valence-electron chi connectivity index (χ4n) is 3.11. The van der Waals surface area contributed by atoms with E-state index in [2.05, 4.69) is 4.74 Å². The zero-order valence-electron chi connectivity index (χ0n) is 16.2. The minimum atomic E-state index is -4.77. The summed E-state index contributed by atoms with van der Waals surface area (Å²) in [5.41, 5.74) is 7.71. The lowest BCUT2D eigenvalue weighted by Gasteiger charge is -2.25. The van der Waals surface area contributed by atoms with Crippen molar-refractivity contribution >= 4 is 29.1 Å². The molecular formula is C21H21F3N2O3S. The molecule has 1 heterocycles. The van der Waals surface area contributed by atoms with E-state index in [1.54, 1.807) is 12.1 Å². The molecule has 0 unspecified atom stereocenters. The van der Waals surface area contributed by atoms with Crippen LogP contribution in [-0.2, 0) is 11.3 Å². The molecule has 3 rings (SSSR count). The number of ketones is 1. The van der Waals surface area contributed by atoms with Gasteiger partial charge in [0.25, 0.3) is 0 Å². The van der Waals surface area contributed by atoms with Gasteiger partial charge in [-0.15, -0.1) is 24.9 Å². The molecule has 1 amide bonds. The number of hydrogen-bond donors (Lipinski definition) is 1. The molecule has 0 fully saturated rings. The minimum Gasteiger partial charge on any atom is -0.406 e. The van der Waals surface area contributed by atoms with Crippen LogP contribution in [0.2, 0.25) is 0 Å². The van der Waals surface area contributed by atoms with Gasteiger partial charge in [-0.1, -0.05) is 25.1 Å². The molecule has 0 spiro atoms. The van der Waals surface area contributed by atoms with Gasteiger partial charge >= 0.3 is 6.36 Å². The van der Waals surface area contributed by atoms with Crippen LogP contribution >= 0.6 is 11.8 Å². The summed E-state index contributed by atoms with van der Waals surface area (Å²) in [7, 11) is 0. The third kappa shape index (κ3) is 5.34. The molecule has 160 valence electrons. The summed E-state index contributed by atoms with van der Waals surface area (Å²) >= 11 is 1.43. The van der Waals surface area contributed by atoms with Gasteiger partial charge in [0, 0.05) is 22.6 Å². The lowest BCUT2D eigenvalue weighted by Crippen LogP contribution is -2.44. The lowest BCUT2D eigenvalue weighted by atomic mass is 10.1. The lowest BCUT2D eigenvalue weighted by molar-refractivity contribution is -0.274. The molecular weight excluding hydrogens is 417 g/mol. The van der Waals surface area contributed by atoms with Crippen molar-refractivity contribution in [2.24, 2.45) is 5.73 Å². The van der Waals surface area contributed by atoms with Crippen LogP contribution in [0.4, 0.5) is 18.9 Å². The summed E-state index contributed by atoms with van der Waals surface area (Å²) in [5.74, 6) is -0.270. The number of rotatable bonds is 6. The Kier molecular flexibility index (Phi) is 6.72. The van der Waals surface area contributed by atoms with Crippen LogP contribution in [0.25, 0.3) is 0 Å². The number of Topliss-reactive ketones (excluding diaryl/α,β-unsaturated/α-hetero) is 1. The van der Waals surface area contributed by atoms with Crippen LogP contribution in [0.1, 0.15) is 35.7 Å². The molecule has 30 heavy (non-hydrogen) atoms. The quantitative estimate of drug-likeness (QED) is 0.671. The zero-order valence-corrected chi connectivity index (χ0v) is 17.1. The Labute approximate surface area is 176 Å². The van der Waals surface area contributed by atoms with Crippen molar-refractivity contribution in [1.82, 2.24) is 0 Å². The SMILES string of the molecule is CCCC(=O)c1ccc2c(c1)N(Cc1ccc(OC(F)(F)F)cc1)C(=O)[C@@H](N)CS2. The highest BCUT2D eigenvalue weighted by atomic mass is 32.2. The Morgan fingerprint density at radius 3 is 2.57 bits per heavy atom. The van der Waals surface area contributed by atoms with Gasteiger partial charge < -0.3 is 15.4 Å². The van der Waals surface area contributed by atoms with Crippen molar-refractivity contribution in [1.29, 1.82) is 0 Å². The summed E-state index contributed by atoms with van der Waals surface area (Å²) in [5, 5.41) is 0. The van der Waals surface area contributed by atoms with Crippen molar-refractivity contribution in [3.05, 3.63) is 53.6 Å². The number of benzene rings is 2. The first-order chi connectivity index (χ1) is 14.2. The Bertz CT molecular complexity index is 932. The largest absolute Gasteiger partial charge is 0.573 e. The molecule has 0 bridgehead atoms. The van der Waals surface area contributed by atoms with Gasteiger partial charge in [-0.2, -0.15) is 0 Å². The van der Waals surface area contributed by atoms with E-state index in [1.807, 2.05) is 13.0 Å². The number of anilines is 1. The second kappa shape index (κ2) is 9.09. The summed E-state index contributed by atoms with van der Waals surface area (Å²) in [6.07, 6.45) is -3.66. The number of fused-ring (bicyclic) bond motifs is 1. The van der Waals surface area contributed by atoms with E-state index in [-0.39, 0.29) is 24.0 Å². The van der Waals surface area contributed by atoms with Crippen molar-refractivity contribution in [3.8, 4) is 5.75 Å². The van der Waals surface area contributed by atoms with Gasteiger partial charge in [-0.05, 0) is 36.2 Å². The number of alkyl halides is 3. The van der Waals surface area contributed by atoms with E-state index >= 15 is 0 Å². The van der Waals surface area contributed by atoms with E-state index in [4.69, 9.17) is 5.73 Å². The van der Waals surface area contributed by atoms with Crippen LogP contribution in [0, 0.1) is 0 Å². The summed E-state index contributed by atoms with van der Waals surface area (Å²) in [6.45, 7) is 2.02. The van der Waals surface area contributed by atoms with E-state index in [0.29, 0.717) is 35.4 Å². The van der Waals surface area contributed by atoms with Gasteiger partial charge in [-0.25, -0.2) is 0 Å². The van der Waals surface area contributed by atoms with E-state index in [0.717, 1.165) is 4.90 Å².